The minimum atomic E-state index is 0.192. The molecule has 2 fully saturated rings. The zero-order valence-electron chi connectivity index (χ0n) is 16.5. The molecular formula is C21H29N5O2. The van der Waals surface area contributed by atoms with Crippen LogP contribution in [0.5, 0.6) is 0 Å². The third-order valence-corrected chi connectivity index (χ3v) is 5.61. The number of aryl methyl sites for hydroxylation is 1. The average molecular weight is 383 g/mol. The molecule has 7 nitrogen and oxygen atoms in total. The van der Waals surface area contributed by atoms with Crippen LogP contribution < -0.4 is 5.32 Å². The van der Waals surface area contributed by atoms with Crippen molar-refractivity contribution in [3.63, 3.8) is 0 Å². The van der Waals surface area contributed by atoms with Gasteiger partial charge >= 0.3 is 0 Å². The standard InChI is InChI=1S/C21H29N5O2/c1-16-3-2-4-17(11-16)21-18(14-23-24-21)13-22-19-12-20(27)26(15-19)6-5-25-7-9-28-10-8-25/h2-4,11,14,19,22H,5-10,12-13,15H2,1H3,(H,23,24). The fraction of sp³-hybridized carbons (Fsp3) is 0.524. The summed E-state index contributed by atoms with van der Waals surface area (Å²) < 4.78 is 5.39. The summed E-state index contributed by atoms with van der Waals surface area (Å²) in [5, 5.41) is 10.9. The van der Waals surface area contributed by atoms with Gasteiger partial charge in [0.05, 0.1) is 25.1 Å². The van der Waals surface area contributed by atoms with E-state index in [1.165, 1.54) is 5.56 Å². The molecule has 2 aliphatic rings. The van der Waals surface area contributed by atoms with Crippen LogP contribution in [0.2, 0.25) is 0 Å². The van der Waals surface area contributed by atoms with Gasteiger partial charge in [-0.1, -0.05) is 23.8 Å². The molecule has 1 amide bonds. The summed E-state index contributed by atoms with van der Waals surface area (Å²) in [4.78, 5) is 16.7. The number of hydrogen-bond donors (Lipinski definition) is 2. The molecule has 2 aromatic rings. The molecule has 2 aliphatic heterocycles. The fourth-order valence-electron chi connectivity index (χ4n) is 3.96. The minimum Gasteiger partial charge on any atom is -0.379 e. The summed E-state index contributed by atoms with van der Waals surface area (Å²) in [5.41, 5.74) is 4.54. The lowest BCUT2D eigenvalue weighted by molar-refractivity contribution is -0.128. The number of carbonyl (C=O) groups excluding carboxylic acids is 1. The van der Waals surface area contributed by atoms with Crippen molar-refractivity contribution >= 4 is 5.91 Å². The molecule has 0 spiro atoms. The molecule has 0 saturated carbocycles. The summed E-state index contributed by atoms with van der Waals surface area (Å²) in [5.74, 6) is 0.247. The van der Waals surface area contributed by atoms with E-state index in [9.17, 15) is 4.79 Å². The third kappa shape index (κ3) is 4.60. The molecule has 7 heteroatoms. The Labute approximate surface area is 166 Å². The molecule has 150 valence electrons. The number of nitrogens with zero attached hydrogens (tertiary/aromatic N) is 3. The monoisotopic (exact) mass is 383 g/mol. The van der Waals surface area contributed by atoms with Crippen molar-refractivity contribution in [3.8, 4) is 11.3 Å². The highest BCUT2D eigenvalue weighted by molar-refractivity contribution is 5.79. The van der Waals surface area contributed by atoms with Crippen molar-refractivity contribution < 1.29 is 9.53 Å². The van der Waals surface area contributed by atoms with Crippen LogP contribution in [0, 0.1) is 6.92 Å². The number of hydrogen-bond acceptors (Lipinski definition) is 5. The van der Waals surface area contributed by atoms with Crippen LogP contribution in [0.3, 0.4) is 0 Å². The smallest absolute Gasteiger partial charge is 0.224 e. The van der Waals surface area contributed by atoms with E-state index in [0.717, 1.165) is 62.8 Å². The Hall–Kier alpha value is -2.22. The van der Waals surface area contributed by atoms with Gasteiger partial charge in [-0.25, -0.2) is 0 Å². The number of benzene rings is 1. The predicted octanol–water partition coefficient (Wildman–Crippen LogP) is 1.41. The van der Waals surface area contributed by atoms with Gasteiger partial charge in [0.2, 0.25) is 5.91 Å². The van der Waals surface area contributed by atoms with Crippen LogP contribution in [-0.4, -0.2) is 77.9 Å². The molecule has 2 saturated heterocycles. The van der Waals surface area contributed by atoms with Gasteiger partial charge in [0.15, 0.2) is 0 Å². The highest BCUT2D eigenvalue weighted by Gasteiger charge is 2.29. The maximum atomic E-state index is 12.4. The van der Waals surface area contributed by atoms with Crippen LogP contribution in [0.4, 0.5) is 0 Å². The Bertz CT molecular complexity index is 800. The topological polar surface area (TPSA) is 73.5 Å². The molecule has 1 unspecified atom stereocenters. The van der Waals surface area contributed by atoms with Gasteiger partial charge in [0.25, 0.3) is 0 Å². The third-order valence-electron chi connectivity index (χ3n) is 5.61. The molecule has 3 heterocycles. The second kappa shape index (κ2) is 8.86. The first-order valence-corrected chi connectivity index (χ1v) is 10.1. The Kier molecular flexibility index (Phi) is 6.04. The summed E-state index contributed by atoms with van der Waals surface area (Å²) in [7, 11) is 0. The van der Waals surface area contributed by atoms with Gasteiger partial charge in [0.1, 0.15) is 0 Å². The number of aromatic nitrogens is 2. The molecule has 2 N–H and O–H groups in total. The van der Waals surface area contributed by atoms with Crippen molar-refractivity contribution in [2.75, 3.05) is 45.9 Å². The maximum absolute atomic E-state index is 12.4. The zero-order chi connectivity index (χ0) is 19.3. The molecular weight excluding hydrogens is 354 g/mol. The summed E-state index contributed by atoms with van der Waals surface area (Å²) in [6, 6.07) is 8.59. The van der Waals surface area contributed by atoms with Crippen molar-refractivity contribution in [1.82, 2.24) is 25.3 Å². The SMILES string of the molecule is Cc1cccc(-c2[nH]ncc2CNC2CC(=O)N(CCN3CCOCC3)C2)c1. The van der Waals surface area contributed by atoms with E-state index in [-0.39, 0.29) is 11.9 Å². The van der Waals surface area contributed by atoms with E-state index in [1.807, 2.05) is 11.1 Å². The second-order valence-electron chi connectivity index (χ2n) is 7.72. The zero-order valence-corrected chi connectivity index (χ0v) is 16.5. The van der Waals surface area contributed by atoms with Crippen molar-refractivity contribution in [1.29, 1.82) is 0 Å². The number of carbonyl (C=O) groups is 1. The lowest BCUT2D eigenvalue weighted by atomic mass is 10.1. The molecule has 1 atom stereocenters. The fourth-order valence-corrected chi connectivity index (χ4v) is 3.96. The Balaban J connectivity index is 1.29. The van der Waals surface area contributed by atoms with Gasteiger partial charge in [0, 0.05) is 62.9 Å². The summed E-state index contributed by atoms with van der Waals surface area (Å²) >= 11 is 0. The Morgan fingerprint density at radius 3 is 2.96 bits per heavy atom. The van der Waals surface area contributed by atoms with E-state index in [0.29, 0.717) is 13.0 Å². The molecule has 4 rings (SSSR count). The molecule has 0 radical (unpaired) electrons. The predicted molar refractivity (Wildman–Crippen MR) is 108 cm³/mol. The maximum Gasteiger partial charge on any atom is 0.224 e. The minimum absolute atomic E-state index is 0.192. The summed E-state index contributed by atoms with van der Waals surface area (Å²) in [6.45, 7) is 8.83. The van der Waals surface area contributed by atoms with Crippen molar-refractivity contribution in [2.24, 2.45) is 0 Å². The quantitative estimate of drug-likeness (QED) is 0.756. The highest BCUT2D eigenvalue weighted by Crippen LogP contribution is 2.22. The van der Waals surface area contributed by atoms with Gasteiger partial charge in [-0.15, -0.1) is 0 Å². The first-order valence-electron chi connectivity index (χ1n) is 10.1. The summed E-state index contributed by atoms with van der Waals surface area (Å²) in [6.07, 6.45) is 2.44. The van der Waals surface area contributed by atoms with Gasteiger partial charge in [-0.2, -0.15) is 5.10 Å². The number of amides is 1. The van der Waals surface area contributed by atoms with Crippen LogP contribution in [0.1, 0.15) is 17.5 Å². The Morgan fingerprint density at radius 1 is 1.29 bits per heavy atom. The van der Waals surface area contributed by atoms with Gasteiger partial charge in [-0.05, 0) is 13.0 Å². The highest BCUT2D eigenvalue weighted by atomic mass is 16.5. The molecule has 0 aliphatic carbocycles. The number of aromatic amines is 1. The number of ether oxygens (including phenoxy) is 1. The first kappa shape index (κ1) is 19.1. The molecule has 0 bridgehead atoms. The largest absolute Gasteiger partial charge is 0.379 e. The van der Waals surface area contributed by atoms with Gasteiger partial charge < -0.3 is 15.0 Å². The Morgan fingerprint density at radius 2 is 2.14 bits per heavy atom. The van der Waals surface area contributed by atoms with Crippen LogP contribution in [0.15, 0.2) is 30.5 Å². The molecule has 28 heavy (non-hydrogen) atoms. The van der Waals surface area contributed by atoms with Crippen molar-refractivity contribution in [3.05, 3.63) is 41.6 Å². The van der Waals surface area contributed by atoms with E-state index < -0.39 is 0 Å². The van der Waals surface area contributed by atoms with E-state index in [4.69, 9.17) is 4.74 Å². The number of nitrogens with one attached hydrogen (secondary N) is 2. The number of rotatable bonds is 7. The van der Waals surface area contributed by atoms with Crippen LogP contribution in [-0.2, 0) is 16.1 Å². The molecule has 1 aromatic carbocycles. The normalized spacial score (nSPS) is 20.8. The number of H-pyrrole nitrogens is 1. The van der Waals surface area contributed by atoms with Crippen LogP contribution in [0.25, 0.3) is 11.3 Å². The first-order chi connectivity index (χ1) is 13.7. The molecule has 1 aromatic heterocycles. The second-order valence-corrected chi connectivity index (χ2v) is 7.72. The van der Waals surface area contributed by atoms with E-state index in [1.54, 1.807) is 0 Å². The van der Waals surface area contributed by atoms with Crippen molar-refractivity contribution in [2.45, 2.75) is 25.9 Å². The van der Waals surface area contributed by atoms with Crippen LogP contribution >= 0.6 is 0 Å². The van der Waals surface area contributed by atoms with E-state index in [2.05, 4.69) is 51.6 Å². The lowest BCUT2D eigenvalue weighted by Crippen LogP contribution is -2.42. The number of morpholine rings is 1. The number of likely N-dealkylation sites (tertiary alicyclic amines) is 1. The lowest BCUT2D eigenvalue weighted by Gasteiger charge is -2.28. The van der Waals surface area contributed by atoms with Gasteiger partial charge in [-0.3, -0.25) is 14.8 Å². The average Bonchev–Trinajstić information content (AvgIpc) is 3.32. The van der Waals surface area contributed by atoms with E-state index >= 15 is 0 Å².